The number of hydrogen-bond acceptors (Lipinski definition) is 7. The molecule has 0 N–H and O–H groups in total. The Kier molecular flexibility index (Phi) is 4.74. The first kappa shape index (κ1) is 18.0. The lowest BCUT2D eigenvalue weighted by Crippen LogP contribution is -2.33. The van der Waals surface area contributed by atoms with Crippen LogP contribution in [0, 0.1) is 6.92 Å². The van der Waals surface area contributed by atoms with Crippen LogP contribution >= 0.6 is 22.9 Å². The minimum atomic E-state index is 0.206. The summed E-state index contributed by atoms with van der Waals surface area (Å²) in [6, 6.07) is 3.93. The lowest BCUT2D eigenvalue weighted by atomic mass is 10.0. The monoisotopic (exact) mass is 417 g/mol. The Morgan fingerprint density at radius 3 is 2.93 bits per heavy atom. The molecule has 0 bridgehead atoms. The number of ether oxygens (including phenoxy) is 2. The summed E-state index contributed by atoms with van der Waals surface area (Å²) in [5.74, 6) is 2.64. The first-order valence-electron chi connectivity index (χ1n) is 9.38. The van der Waals surface area contributed by atoms with Crippen LogP contribution < -0.4 is 9.47 Å². The maximum absolute atomic E-state index is 6.43. The molecule has 1 unspecified atom stereocenters. The summed E-state index contributed by atoms with van der Waals surface area (Å²) in [7, 11) is 0. The molecule has 0 aliphatic carbocycles. The van der Waals surface area contributed by atoms with Gasteiger partial charge < -0.3 is 13.9 Å². The van der Waals surface area contributed by atoms with Gasteiger partial charge in [0.15, 0.2) is 11.5 Å². The van der Waals surface area contributed by atoms with E-state index in [9.17, 15) is 0 Å². The number of piperidine rings is 1. The van der Waals surface area contributed by atoms with Crippen LogP contribution in [0.4, 0.5) is 0 Å². The highest BCUT2D eigenvalue weighted by Crippen LogP contribution is 2.41. The Hall–Kier alpha value is -2.09. The predicted octanol–water partition coefficient (Wildman–Crippen LogP) is 5.22. The zero-order valence-electron chi connectivity index (χ0n) is 15.5. The number of thiazole rings is 1. The van der Waals surface area contributed by atoms with Crippen LogP contribution in [0.2, 0.25) is 5.02 Å². The molecule has 1 fully saturated rings. The third-order valence-corrected chi connectivity index (χ3v) is 6.48. The van der Waals surface area contributed by atoms with Gasteiger partial charge in [0.1, 0.15) is 10.8 Å². The number of benzene rings is 1. The molecule has 2 aromatic heterocycles. The molecule has 146 valence electrons. The van der Waals surface area contributed by atoms with Gasteiger partial charge in [0.25, 0.3) is 0 Å². The molecule has 8 heteroatoms. The molecule has 2 aliphatic rings. The van der Waals surface area contributed by atoms with Gasteiger partial charge in [-0.1, -0.05) is 18.0 Å². The van der Waals surface area contributed by atoms with Crippen molar-refractivity contribution in [3.8, 4) is 23.0 Å². The molecule has 0 amide bonds. The van der Waals surface area contributed by atoms with Crippen LogP contribution in [-0.4, -0.2) is 28.2 Å². The van der Waals surface area contributed by atoms with Gasteiger partial charge in [-0.3, -0.25) is 4.90 Å². The Morgan fingerprint density at radius 1 is 1.25 bits per heavy atom. The molecule has 6 nitrogen and oxygen atoms in total. The number of halogens is 1. The third kappa shape index (κ3) is 3.27. The van der Waals surface area contributed by atoms with Crippen LogP contribution in [0.15, 0.2) is 28.1 Å². The van der Waals surface area contributed by atoms with E-state index in [0.29, 0.717) is 28.5 Å². The lowest BCUT2D eigenvalue weighted by Gasteiger charge is -2.33. The van der Waals surface area contributed by atoms with Gasteiger partial charge >= 0.3 is 0 Å². The number of likely N-dealkylation sites (tertiary alicyclic amines) is 1. The molecular formula is C20H20ClN3O3S. The van der Waals surface area contributed by atoms with E-state index in [1.54, 1.807) is 17.4 Å². The smallest absolute Gasteiger partial charge is 0.231 e. The maximum Gasteiger partial charge on any atom is 0.231 e. The summed E-state index contributed by atoms with van der Waals surface area (Å²) < 4.78 is 16.8. The Bertz CT molecular complexity index is 989. The normalized spacial score (nSPS) is 19.3. The Balaban J connectivity index is 1.42. The third-order valence-electron chi connectivity index (χ3n) is 5.29. The van der Waals surface area contributed by atoms with Crippen LogP contribution in [0.25, 0.3) is 11.5 Å². The molecule has 2 aliphatic heterocycles. The molecule has 0 saturated carbocycles. The van der Waals surface area contributed by atoms with Gasteiger partial charge in [-0.15, -0.1) is 11.3 Å². The number of hydrogen-bond donors (Lipinski definition) is 0. The highest BCUT2D eigenvalue weighted by Gasteiger charge is 2.28. The molecule has 1 saturated heterocycles. The van der Waals surface area contributed by atoms with Crippen molar-refractivity contribution in [1.29, 1.82) is 0 Å². The van der Waals surface area contributed by atoms with E-state index in [-0.39, 0.29) is 6.79 Å². The number of fused-ring (bicyclic) bond motifs is 1. The molecule has 0 spiro atoms. The van der Waals surface area contributed by atoms with Crippen molar-refractivity contribution in [3.05, 3.63) is 45.2 Å². The van der Waals surface area contributed by atoms with E-state index >= 15 is 0 Å². The van der Waals surface area contributed by atoms with Crippen molar-refractivity contribution in [1.82, 2.24) is 14.9 Å². The Labute approximate surface area is 172 Å². The fourth-order valence-electron chi connectivity index (χ4n) is 3.82. The summed E-state index contributed by atoms with van der Waals surface area (Å²) in [6.07, 6.45) is 5.44. The summed E-state index contributed by atoms with van der Waals surface area (Å²) in [5, 5.41) is 3.76. The molecule has 4 heterocycles. The van der Waals surface area contributed by atoms with Crippen molar-refractivity contribution in [2.24, 2.45) is 0 Å². The highest BCUT2D eigenvalue weighted by atomic mass is 35.5. The van der Waals surface area contributed by atoms with E-state index in [1.165, 1.54) is 17.8 Å². The van der Waals surface area contributed by atoms with Crippen molar-refractivity contribution in [2.75, 3.05) is 13.3 Å². The largest absolute Gasteiger partial charge is 0.454 e. The second kappa shape index (κ2) is 7.39. The highest BCUT2D eigenvalue weighted by molar-refractivity contribution is 7.09. The summed E-state index contributed by atoms with van der Waals surface area (Å²) in [4.78, 5) is 11.8. The van der Waals surface area contributed by atoms with Crippen molar-refractivity contribution in [2.45, 2.75) is 38.8 Å². The van der Waals surface area contributed by atoms with Crippen LogP contribution in [0.5, 0.6) is 11.5 Å². The van der Waals surface area contributed by atoms with Crippen LogP contribution in [0.3, 0.4) is 0 Å². The molecule has 1 aromatic carbocycles. The van der Waals surface area contributed by atoms with E-state index in [2.05, 4.69) is 9.88 Å². The van der Waals surface area contributed by atoms with Gasteiger partial charge in [0, 0.05) is 24.2 Å². The summed E-state index contributed by atoms with van der Waals surface area (Å²) in [5.41, 5.74) is 1.66. The summed E-state index contributed by atoms with van der Waals surface area (Å²) in [6.45, 7) is 3.94. The molecule has 1 atom stereocenters. The van der Waals surface area contributed by atoms with E-state index in [4.69, 9.17) is 30.5 Å². The number of nitrogens with zero attached hydrogens (tertiary/aromatic N) is 3. The maximum atomic E-state index is 6.43. The zero-order chi connectivity index (χ0) is 19.1. The van der Waals surface area contributed by atoms with Crippen LogP contribution in [-0.2, 0) is 6.54 Å². The first-order valence-corrected chi connectivity index (χ1v) is 10.6. The van der Waals surface area contributed by atoms with Crippen molar-refractivity contribution in [3.63, 3.8) is 0 Å². The lowest BCUT2D eigenvalue weighted by molar-refractivity contribution is 0.138. The van der Waals surface area contributed by atoms with E-state index in [1.807, 2.05) is 24.6 Å². The molecule has 3 aromatic rings. The SMILES string of the molecule is Cc1oc(-c2cc3c(cc2Cl)OCO3)nc1CN1CCCCC1c1nccs1. The van der Waals surface area contributed by atoms with Crippen molar-refractivity contribution >= 4 is 22.9 Å². The minimum Gasteiger partial charge on any atom is -0.454 e. The number of aromatic nitrogens is 2. The fraction of sp³-hybridized carbons (Fsp3) is 0.400. The molecular weight excluding hydrogens is 398 g/mol. The van der Waals surface area contributed by atoms with Gasteiger partial charge in [-0.2, -0.15) is 0 Å². The van der Waals surface area contributed by atoms with Gasteiger partial charge in [0.05, 0.1) is 22.3 Å². The van der Waals surface area contributed by atoms with Gasteiger partial charge in [0.2, 0.25) is 12.7 Å². The predicted molar refractivity (Wildman–Crippen MR) is 107 cm³/mol. The average molecular weight is 418 g/mol. The number of oxazole rings is 1. The van der Waals surface area contributed by atoms with E-state index in [0.717, 1.165) is 36.5 Å². The minimum absolute atomic E-state index is 0.206. The zero-order valence-corrected chi connectivity index (χ0v) is 17.1. The first-order chi connectivity index (χ1) is 13.7. The fourth-order valence-corrected chi connectivity index (χ4v) is 4.86. The molecule has 28 heavy (non-hydrogen) atoms. The quantitative estimate of drug-likeness (QED) is 0.580. The average Bonchev–Trinajstić information content (AvgIpc) is 3.43. The topological polar surface area (TPSA) is 60.6 Å². The second-order valence-electron chi connectivity index (χ2n) is 7.06. The second-order valence-corrected chi connectivity index (χ2v) is 8.39. The molecule has 5 rings (SSSR count). The number of aryl methyl sites for hydroxylation is 1. The van der Waals surface area contributed by atoms with Gasteiger partial charge in [-0.25, -0.2) is 9.97 Å². The van der Waals surface area contributed by atoms with Crippen molar-refractivity contribution < 1.29 is 13.9 Å². The standard InChI is InChI=1S/C20H20ClN3O3S/c1-12-15(10-24-6-3-2-4-16(24)20-22-5-7-28-20)23-19(27-12)13-8-17-18(9-14(13)21)26-11-25-17/h5,7-9,16H,2-4,6,10-11H2,1H3. The Morgan fingerprint density at radius 2 is 2.11 bits per heavy atom. The number of rotatable bonds is 4. The van der Waals surface area contributed by atoms with Crippen LogP contribution in [0.1, 0.15) is 41.8 Å². The van der Waals surface area contributed by atoms with Gasteiger partial charge in [-0.05, 0) is 32.4 Å². The molecule has 0 radical (unpaired) electrons. The summed E-state index contributed by atoms with van der Waals surface area (Å²) >= 11 is 8.16. The van der Waals surface area contributed by atoms with E-state index < -0.39 is 0 Å².